The first-order valence-electron chi connectivity index (χ1n) is 11.5. The zero-order chi connectivity index (χ0) is 21.9. The molecule has 0 aliphatic carbocycles. The summed E-state index contributed by atoms with van der Waals surface area (Å²) in [4.78, 5) is 28.9. The number of aromatic amines is 2. The van der Waals surface area contributed by atoms with Gasteiger partial charge in [-0.2, -0.15) is 0 Å². The van der Waals surface area contributed by atoms with E-state index in [2.05, 4.69) is 43.3 Å². The van der Waals surface area contributed by atoms with Crippen molar-refractivity contribution >= 4 is 33.8 Å². The second-order valence-corrected chi connectivity index (χ2v) is 8.53. The molecule has 3 N–H and O–H groups in total. The molecule has 1 amide bonds. The number of benzene rings is 2. The SMILES string of the molecule is CC(C(=O)NCCc1c[nH]c2ccccc12)N1CCCN(c2nc3ccccc3[nH]2)CC1. The van der Waals surface area contributed by atoms with E-state index >= 15 is 0 Å². The van der Waals surface area contributed by atoms with Crippen LogP contribution in [0.2, 0.25) is 0 Å². The fourth-order valence-electron chi connectivity index (χ4n) is 4.60. The third kappa shape index (κ3) is 4.21. The number of nitrogens with one attached hydrogen (secondary N) is 3. The smallest absolute Gasteiger partial charge is 0.237 e. The Bertz CT molecular complexity index is 1180. The van der Waals surface area contributed by atoms with Gasteiger partial charge in [0.2, 0.25) is 11.9 Å². The third-order valence-corrected chi connectivity index (χ3v) is 6.50. The molecule has 1 unspecified atom stereocenters. The van der Waals surface area contributed by atoms with E-state index in [1.807, 2.05) is 43.5 Å². The molecule has 1 aliphatic heterocycles. The van der Waals surface area contributed by atoms with E-state index in [1.54, 1.807) is 0 Å². The molecule has 5 rings (SSSR count). The zero-order valence-electron chi connectivity index (χ0n) is 18.5. The number of carbonyl (C=O) groups excluding carboxylic acids is 1. The highest BCUT2D eigenvalue weighted by molar-refractivity contribution is 5.83. The molecule has 3 heterocycles. The second-order valence-electron chi connectivity index (χ2n) is 8.53. The average molecular weight is 431 g/mol. The lowest BCUT2D eigenvalue weighted by molar-refractivity contribution is -0.125. The van der Waals surface area contributed by atoms with Gasteiger partial charge < -0.3 is 20.2 Å². The largest absolute Gasteiger partial charge is 0.361 e. The number of aromatic nitrogens is 3. The van der Waals surface area contributed by atoms with Crippen LogP contribution < -0.4 is 10.2 Å². The molecule has 7 nitrogen and oxygen atoms in total. The summed E-state index contributed by atoms with van der Waals surface area (Å²) in [6.07, 6.45) is 3.87. The van der Waals surface area contributed by atoms with Crippen molar-refractivity contribution in [1.82, 2.24) is 25.2 Å². The molecule has 4 aromatic rings. The lowest BCUT2D eigenvalue weighted by Gasteiger charge is -2.27. The van der Waals surface area contributed by atoms with Gasteiger partial charge in [-0.1, -0.05) is 30.3 Å². The fraction of sp³-hybridized carbons (Fsp3) is 0.360. The van der Waals surface area contributed by atoms with Crippen LogP contribution in [-0.2, 0) is 11.2 Å². The van der Waals surface area contributed by atoms with Crippen molar-refractivity contribution in [3.63, 3.8) is 0 Å². The summed E-state index contributed by atoms with van der Waals surface area (Å²) in [5.74, 6) is 1.02. The van der Waals surface area contributed by atoms with Crippen molar-refractivity contribution in [1.29, 1.82) is 0 Å². The predicted octanol–water partition coefficient (Wildman–Crippen LogP) is 3.30. The number of hydrogen-bond acceptors (Lipinski definition) is 4. The van der Waals surface area contributed by atoms with E-state index in [1.165, 1.54) is 10.9 Å². The van der Waals surface area contributed by atoms with Crippen LogP contribution in [0.1, 0.15) is 18.9 Å². The molecule has 7 heteroatoms. The molecule has 0 saturated carbocycles. The number of carbonyl (C=O) groups is 1. The van der Waals surface area contributed by atoms with Crippen molar-refractivity contribution in [3.8, 4) is 0 Å². The minimum Gasteiger partial charge on any atom is -0.361 e. The summed E-state index contributed by atoms with van der Waals surface area (Å²) in [5, 5.41) is 4.37. The normalized spacial score (nSPS) is 16.3. The van der Waals surface area contributed by atoms with Crippen LogP contribution in [0.25, 0.3) is 21.9 Å². The molecule has 2 aromatic heterocycles. The Morgan fingerprint density at radius 3 is 2.75 bits per heavy atom. The fourth-order valence-corrected chi connectivity index (χ4v) is 4.60. The minimum absolute atomic E-state index is 0.0991. The summed E-state index contributed by atoms with van der Waals surface area (Å²) in [6, 6.07) is 16.2. The summed E-state index contributed by atoms with van der Waals surface area (Å²) < 4.78 is 0. The number of fused-ring (bicyclic) bond motifs is 2. The van der Waals surface area contributed by atoms with Crippen LogP contribution in [0, 0.1) is 0 Å². The molecular formula is C25H30N6O. The van der Waals surface area contributed by atoms with E-state index in [9.17, 15) is 4.79 Å². The van der Waals surface area contributed by atoms with E-state index in [0.717, 1.165) is 61.5 Å². The lowest BCUT2D eigenvalue weighted by atomic mass is 10.1. The average Bonchev–Trinajstić information content (AvgIpc) is 3.35. The Kier molecular flexibility index (Phi) is 5.81. The molecule has 0 spiro atoms. The molecule has 32 heavy (non-hydrogen) atoms. The maximum absolute atomic E-state index is 12.8. The van der Waals surface area contributed by atoms with Gasteiger partial charge in [-0.15, -0.1) is 0 Å². The lowest BCUT2D eigenvalue weighted by Crippen LogP contribution is -2.47. The number of rotatable bonds is 6. The molecule has 1 atom stereocenters. The summed E-state index contributed by atoms with van der Waals surface area (Å²) in [7, 11) is 0. The Morgan fingerprint density at radius 1 is 1.06 bits per heavy atom. The number of para-hydroxylation sites is 3. The number of H-pyrrole nitrogens is 2. The molecule has 1 saturated heterocycles. The monoisotopic (exact) mass is 430 g/mol. The molecule has 1 fully saturated rings. The number of nitrogens with zero attached hydrogens (tertiary/aromatic N) is 3. The number of hydrogen-bond donors (Lipinski definition) is 3. The first-order valence-corrected chi connectivity index (χ1v) is 11.5. The quantitative estimate of drug-likeness (QED) is 0.439. The van der Waals surface area contributed by atoms with Crippen LogP contribution >= 0.6 is 0 Å². The van der Waals surface area contributed by atoms with Crippen LogP contribution in [0.3, 0.4) is 0 Å². The maximum Gasteiger partial charge on any atom is 0.237 e. The van der Waals surface area contributed by atoms with E-state index in [-0.39, 0.29) is 11.9 Å². The molecule has 2 aromatic carbocycles. The highest BCUT2D eigenvalue weighted by Gasteiger charge is 2.25. The Balaban J connectivity index is 1.14. The van der Waals surface area contributed by atoms with Gasteiger partial charge in [0, 0.05) is 49.8 Å². The van der Waals surface area contributed by atoms with E-state index in [4.69, 9.17) is 4.98 Å². The maximum atomic E-state index is 12.8. The highest BCUT2D eigenvalue weighted by Crippen LogP contribution is 2.20. The van der Waals surface area contributed by atoms with E-state index in [0.29, 0.717) is 6.54 Å². The number of amides is 1. The van der Waals surface area contributed by atoms with Crippen LogP contribution in [0.5, 0.6) is 0 Å². The molecule has 0 radical (unpaired) electrons. The van der Waals surface area contributed by atoms with Gasteiger partial charge in [-0.25, -0.2) is 4.98 Å². The van der Waals surface area contributed by atoms with Crippen LogP contribution in [0.15, 0.2) is 54.7 Å². The predicted molar refractivity (Wildman–Crippen MR) is 129 cm³/mol. The molecule has 1 aliphatic rings. The van der Waals surface area contributed by atoms with Gasteiger partial charge in [0.1, 0.15) is 0 Å². The van der Waals surface area contributed by atoms with Crippen molar-refractivity contribution < 1.29 is 4.79 Å². The third-order valence-electron chi connectivity index (χ3n) is 6.50. The zero-order valence-corrected chi connectivity index (χ0v) is 18.5. The van der Waals surface area contributed by atoms with Crippen molar-refractivity contribution in [2.24, 2.45) is 0 Å². The van der Waals surface area contributed by atoms with Crippen molar-refractivity contribution in [3.05, 3.63) is 60.3 Å². The second kappa shape index (κ2) is 9.04. The van der Waals surface area contributed by atoms with Gasteiger partial charge in [0.25, 0.3) is 0 Å². The Hall–Kier alpha value is -3.32. The Morgan fingerprint density at radius 2 is 1.88 bits per heavy atom. The molecular weight excluding hydrogens is 400 g/mol. The summed E-state index contributed by atoms with van der Waals surface area (Å²) >= 11 is 0. The van der Waals surface area contributed by atoms with Crippen molar-refractivity contribution in [2.75, 3.05) is 37.6 Å². The van der Waals surface area contributed by atoms with Crippen molar-refractivity contribution in [2.45, 2.75) is 25.8 Å². The van der Waals surface area contributed by atoms with Gasteiger partial charge in [0.15, 0.2) is 0 Å². The Labute approximate surface area is 187 Å². The summed E-state index contributed by atoms with van der Waals surface area (Å²) in [6.45, 7) is 6.20. The first-order chi connectivity index (χ1) is 15.7. The van der Waals surface area contributed by atoms with Gasteiger partial charge in [0.05, 0.1) is 17.1 Å². The van der Waals surface area contributed by atoms with E-state index < -0.39 is 0 Å². The molecule has 166 valence electrons. The van der Waals surface area contributed by atoms with Crippen LogP contribution in [0.4, 0.5) is 5.95 Å². The topological polar surface area (TPSA) is 80.1 Å². The van der Waals surface area contributed by atoms with Gasteiger partial charge in [-0.05, 0) is 43.5 Å². The van der Waals surface area contributed by atoms with Gasteiger partial charge in [-0.3, -0.25) is 9.69 Å². The first kappa shape index (κ1) is 20.6. The standard InChI is InChI=1S/C25H30N6O/c1-18(24(32)26-12-11-19-17-27-21-8-3-2-7-20(19)21)30-13-6-14-31(16-15-30)25-28-22-9-4-5-10-23(22)29-25/h2-5,7-10,17-18,27H,6,11-16H2,1H3,(H,26,32)(H,28,29). The molecule has 0 bridgehead atoms. The minimum atomic E-state index is -0.145. The highest BCUT2D eigenvalue weighted by atomic mass is 16.2. The number of anilines is 1. The van der Waals surface area contributed by atoms with Crippen LogP contribution in [-0.4, -0.2) is 64.5 Å². The van der Waals surface area contributed by atoms with Gasteiger partial charge >= 0.3 is 0 Å². The number of imidazole rings is 1. The summed E-state index contributed by atoms with van der Waals surface area (Å²) in [5.41, 5.74) is 4.43.